The Hall–Kier alpha value is -1.99. The molecule has 1 aliphatic carbocycles. The largest absolute Gasteiger partial charge is 0.323 e. The molecule has 0 radical (unpaired) electrons. The number of nitrogens with one attached hydrogen (secondary N) is 2. The molecule has 2 aromatic rings. The van der Waals surface area contributed by atoms with Crippen molar-refractivity contribution < 1.29 is 9.59 Å². The standard InChI is InChI=1S/C15H15ClN4O2S/c16-11-3-1-10(2-4-11)14(22)19-18-13(21)9-23-15-17-7-8-20(15)12-5-6-12/h1-4,7-8,12H,5-6,9H2,(H,18,21)(H,19,22). The molecule has 0 saturated heterocycles. The van der Waals surface area contributed by atoms with E-state index in [2.05, 4.69) is 20.4 Å². The van der Waals surface area contributed by atoms with E-state index in [0.29, 0.717) is 16.6 Å². The number of carbonyl (C=O) groups is 2. The predicted octanol–water partition coefficient (Wildman–Crippen LogP) is 2.42. The second-order valence-electron chi connectivity index (χ2n) is 5.15. The molecule has 2 N–H and O–H groups in total. The van der Waals surface area contributed by atoms with E-state index in [1.54, 1.807) is 30.5 Å². The van der Waals surface area contributed by atoms with Crippen LogP contribution in [0.5, 0.6) is 0 Å². The fourth-order valence-corrected chi connectivity index (χ4v) is 2.96. The van der Waals surface area contributed by atoms with Gasteiger partial charge < -0.3 is 4.57 Å². The molecule has 0 unspecified atom stereocenters. The van der Waals surface area contributed by atoms with E-state index in [1.807, 2.05) is 6.20 Å². The van der Waals surface area contributed by atoms with E-state index in [9.17, 15) is 9.59 Å². The number of halogens is 1. The Balaban J connectivity index is 1.45. The van der Waals surface area contributed by atoms with Gasteiger partial charge in [-0.3, -0.25) is 20.4 Å². The summed E-state index contributed by atoms with van der Waals surface area (Å²) in [6, 6.07) is 6.93. The molecule has 23 heavy (non-hydrogen) atoms. The van der Waals surface area contributed by atoms with Crippen molar-refractivity contribution in [3.05, 3.63) is 47.2 Å². The molecule has 0 aliphatic heterocycles. The highest BCUT2D eigenvalue weighted by Crippen LogP contribution is 2.37. The second kappa shape index (κ2) is 7.06. The maximum Gasteiger partial charge on any atom is 0.269 e. The highest BCUT2D eigenvalue weighted by Gasteiger charge is 2.25. The number of carbonyl (C=O) groups excluding carboxylic acids is 2. The van der Waals surface area contributed by atoms with Gasteiger partial charge >= 0.3 is 0 Å². The van der Waals surface area contributed by atoms with Crippen LogP contribution in [0.3, 0.4) is 0 Å². The maximum absolute atomic E-state index is 11.9. The minimum Gasteiger partial charge on any atom is -0.323 e. The van der Waals surface area contributed by atoms with E-state index in [-0.39, 0.29) is 17.6 Å². The average Bonchev–Trinajstić information content (AvgIpc) is 3.29. The van der Waals surface area contributed by atoms with Crippen molar-refractivity contribution in [1.82, 2.24) is 20.4 Å². The number of hydrogen-bond acceptors (Lipinski definition) is 4. The van der Waals surface area contributed by atoms with Crippen LogP contribution < -0.4 is 10.9 Å². The fourth-order valence-electron chi connectivity index (χ4n) is 2.01. The van der Waals surface area contributed by atoms with E-state index >= 15 is 0 Å². The SMILES string of the molecule is O=C(CSc1nccn1C1CC1)NNC(=O)c1ccc(Cl)cc1. The summed E-state index contributed by atoms with van der Waals surface area (Å²) < 4.78 is 2.09. The summed E-state index contributed by atoms with van der Waals surface area (Å²) >= 11 is 7.11. The smallest absolute Gasteiger partial charge is 0.269 e. The lowest BCUT2D eigenvalue weighted by Gasteiger charge is -2.08. The number of hydrogen-bond donors (Lipinski definition) is 2. The van der Waals surface area contributed by atoms with Crippen LogP contribution in [0.2, 0.25) is 5.02 Å². The first kappa shape index (κ1) is 15.9. The first-order valence-electron chi connectivity index (χ1n) is 7.14. The molecule has 0 spiro atoms. The van der Waals surface area contributed by atoms with Crippen LogP contribution >= 0.6 is 23.4 Å². The van der Waals surface area contributed by atoms with Crippen LogP contribution in [0.1, 0.15) is 29.2 Å². The molecule has 8 heteroatoms. The first-order chi connectivity index (χ1) is 11.1. The van der Waals surface area contributed by atoms with Gasteiger partial charge in [-0.1, -0.05) is 23.4 Å². The van der Waals surface area contributed by atoms with Crippen molar-refractivity contribution in [2.24, 2.45) is 0 Å². The number of benzene rings is 1. The molecule has 3 rings (SSSR count). The van der Waals surface area contributed by atoms with Crippen molar-refractivity contribution in [2.45, 2.75) is 24.0 Å². The molecule has 6 nitrogen and oxygen atoms in total. The molecule has 1 aliphatic rings. The summed E-state index contributed by atoms with van der Waals surface area (Å²) in [5.74, 6) is -0.493. The fraction of sp³-hybridized carbons (Fsp3) is 0.267. The van der Waals surface area contributed by atoms with E-state index in [1.165, 1.54) is 11.8 Å². The topological polar surface area (TPSA) is 76.0 Å². The first-order valence-corrected chi connectivity index (χ1v) is 8.50. The number of nitrogens with zero attached hydrogens (tertiary/aromatic N) is 2. The van der Waals surface area contributed by atoms with Gasteiger partial charge in [-0.05, 0) is 37.1 Å². The molecule has 0 bridgehead atoms. The number of hydrazine groups is 1. The van der Waals surface area contributed by atoms with Gasteiger partial charge in [-0.25, -0.2) is 4.98 Å². The Morgan fingerprint density at radius 2 is 2.00 bits per heavy atom. The van der Waals surface area contributed by atoms with Gasteiger partial charge in [-0.2, -0.15) is 0 Å². The Bertz CT molecular complexity index is 713. The van der Waals surface area contributed by atoms with Gasteiger partial charge in [0.1, 0.15) is 0 Å². The van der Waals surface area contributed by atoms with Gasteiger partial charge in [0, 0.05) is 29.0 Å². The molecule has 1 aromatic carbocycles. The van der Waals surface area contributed by atoms with Crippen LogP contribution in [0.25, 0.3) is 0 Å². The van der Waals surface area contributed by atoms with Gasteiger partial charge in [0.15, 0.2) is 5.16 Å². The molecule has 2 amide bonds. The van der Waals surface area contributed by atoms with Crippen LogP contribution in [-0.2, 0) is 4.79 Å². The number of thioether (sulfide) groups is 1. The third-order valence-electron chi connectivity index (χ3n) is 3.33. The zero-order valence-electron chi connectivity index (χ0n) is 12.2. The van der Waals surface area contributed by atoms with E-state index in [0.717, 1.165) is 18.0 Å². The van der Waals surface area contributed by atoms with Crippen LogP contribution in [0.15, 0.2) is 41.8 Å². The van der Waals surface area contributed by atoms with E-state index in [4.69, 9.17) is 11.6 Å². The number of aromatic nitrogens is 2. The quantitative estimate of drug-likeness (QED) is 0.641. The molecule has 1 heterocycles. The van der Waals surface area contributed by atoms with Crippen molar-refractivity contribution in [3.63, 3.8) is 0 Å². The van der Waals surface area contributed by atoms with Crippen molar-refractivity contribution in [2.75, 3.05) is 5.75 Å². The second-order valence-corrected chi connectivity index (χ2v) is 6.53. The monoisotopic (exact) mass is 350 g/mol. The Morgan fingerprint density at radius 3 is 2.70 bits per heavy atom. The number of amides is 2. The van der Waals surface area contributed by atoms with Gasteiger partial charge in [0.2, 0.25) is 5.91 Å². The maximum atomic E-state index is 11.9. The lowest BCUT2D eigenvalue weighted by atomic mass is 10.2. The third kappa shape index (κ3) is 4.27. The lowest BCUT2D eigenvalue weighted by molar-refractivity contribution is -0.119. The summed E-state index contributed by atoms with van der Waals surface area (Å²) in [7, 11) is 0. The summed E-state index contributed by atoms with van der Waals surface area (Å²) in [6.45, 7) is 0. The molecular weight excluding hydrogens is 336 g/mol. The van der Waals surface area contributed by atoms with Gasteiger partial charge in [0.25, 0.3) is 5.91 Å². The summed E-state index contributed by atoms with van der Waals surface area (Å²) in [5, 5.41) is 1.37. The van der Waals surface area contributed by atoms with Crippen molar-refractivity contribution >= 4 is 35.2 Å². The molecule has 0 atom stereocenters. The predicted molar refractivity (Wildman–Crippen MR) is 88.3 cm³/mol. The molecular formula is C15H15ClN4O2S. The van der Waals surface area contributed by atoms with Gasteiger partial charge in [-0.15, -0.1) is 0 Å². The summed E-state index contributed by atoms with van der Waals surface area (Å²) in [4.78, 5) is 27.9. The van der Waals surface area contributed by atoms with E-state index < -0.39 is 0 Å². The van der Waals surface area contributed by atoms with Gasteiger partial charge in [0.05, 0.1) is 5.75 Å². The molecule has 1 saturated carbocycles. The number of rotatable bonds is 5. The Kier molecular flexibility index (Phi) is 4.88. The molecule has 1 aromatic heterocycles. The van der Waals surface area contributed by atoms with Crippen molar-refractivity contribution in [3.8, 4) is 0 Å². The Labute approximate surface area is 142 Å². The molecule has 120 valence electrons. The third-order valence-corrected chi connectivity index (χ3v) is 4.56. The lowest BCUT2D eigenvalue weighted by Crippen LogP contribution is -2.42. The zero-order chi connectivity index (χ0) is 16.2. The highest BCUT2D eigenvalue weighted by molar-refractivity contribution is 7.99. The summed E-state index contributed by atoms with van der Waals surface area (Å²) in [6.07, 6.45) is 5.99. The molecule has 1 fully saturated rings. The van der Waals surface area contributed by atoms with Crippen LogP contribution in [0.4, 0.5) is 0 Å². The van der Waals surface area contributed by atoms with Crippen molar-refractivity contribution in [1.29, 1.82) is 0 Å². The minimum absolute atomic E-state index is 0.185. The van der Waals surface area contributed by atoms with Crippen LogP contribution in [0, 0.1) is 0 Å². The Morgan fingerprint density at radius 1 is 1.26 bits per heavy atom. The minimum atomic E-state index is -0.389. The average molecular weight is 351 g/mol. The zero-order valence-corrected chi connectivity index (χ0v) is 13.7. The summed E-state index contributed by atoms with van der Waals surface area (Å²) in [5.41, 5.74) is 5.19. The number of imidazole rings is 1. The van der Waals surface area contributed by atoms with Crippen LogP contribution in [-0.4, -0.2) is 27.1 Å². The highest BCUT2D eigenvalue weighted by atomic mass is 35.5. The normalized spacial score (nSPS) is 13.6.